The zero-order valence-electron chi connectivity index (χ0n) is 16.1. The minimum Gasteiger partial charge on any atom is -0.497 e. The van der Waals surface area contributed by atoms with Crippen LogP contribution in [0.2, 0.25) is 0 Å². The van der Waals surface area contributed by atoms with E-state index in [0.29, 0.717) is 19.0 Å². The summed E-state index contributed by atoms with van der Waals surface area (Å²) in [5.74, 6) is 1.47. The fourth-order valence-corrected chi connectivity index (χ4v) is 3.48. The van der Waals surface area contributed by atoms with Crippen LogP contribution in [0.15, 0.2) is 24.3 Å². The van der Waals surface area contributed by atoms with Crippen LogP contribution in [-0.2, 0) is 14.3 Å². The van der Waals surface area contributed by atoms with Gasteiger partial charge in [0.05, 0.1) is 20.3 Å². The third-order valence-electron chi connectivity index (χ3n) is 5.13. The fraction of sp³-hybridized carbons (Fsp3) is 0.650. The van der Waals surface area contributed by atoms with Gasteiger partial charge in [-0.05, 0) is 37.1 Å². The van der Waals surface area contributed by atoms with Crippen molar-refractivity contribution in [3.63, 3.8) is 0 Å². The second-order valence-corrected chi connectivity index (χ2v) is 6.85. The van der Waals surface area contributed by atoms with Gasteiger partial charge < -0.3 is 23.8 Å². The number of nitrogens with zero attached hydrogens (tertiary/aromatic N) is 2. The number of rotatable bonds is 8. The molecule has 0 atom stereocenters. The Kier molecular flexibility index (Phi) is 7.74. The van der Waals surface area contributed by atoms with Crippen LogP contribution < -0.4 is 9.47 Å². The second kappa shape index (κ2) is 10.5. The molecule has 7 nitrogen and oxygen atoms in total. The van der Waals surface area contributed by atoms with Crippen LogP contribution in [0, 0.1) is 0 Å². The monoisotopic (exact) mass is 378 g/mol. The Hall–Kier alpha value is -1.83. The highest BCUT2D eigenvalue weighted by molar-refractivity contribution is 5.78. The number of ether oxygens (including phenoxy) is 4. The first-order valence-corrected chi connectivity index (χ1v) is 9.70. The first-order valence-electron chi connectivity index (χ1n) is 9.70. The normalized spacial score (nSPS) is 18.9. The fourth-order valence-electron chi connectivity index (χ4n) is 3.48. The van der Waals surface area contributed by atoms with Gasteiger partial charge in [0.15, 0.2) is 6.61 Å². The number of amides is 1. The lowest BCUT2D eigenvalue weighted by atomic mass is 10.1. The van der Waals surface area contributed by atoms with Crippen LogP contribution in [0.25, 0.3) is 0 Å². The van der Waals surface area contributed by atoms with Gasteiger partial charge in [-0.3, -0.25) is 9.69 Å². The molecule has 0 N–H and O–H groups in total. The lowest BCUT2D eigenvalue weighted by Crippen LogP contribution is -2.49. The van der Waals surface area contributed by atoms with Crippen molar-refractivity contribution in [3.05, 3.63) is 24.3 Å². The summed E-state index contributed by atoms with van der Waals surface area (Å²) in [4.78, 5) is 17.2. The molecule has 0 bridgehead atoms. The Balaban J connectivity index is 1.55. The van der Waals surface area contributed by atoms with Crippen LogP contribution in [0.5, 0.6) is 11.5 Å². The van der Waals surface area contributed by atoms with E-state index in [9.17, 15) is 4.79 Å². The lowest BCUT2D eigenvalue weighted by molar-refractivity contribution is -0.138. The lowest BCUT2D eigenvalue weighted by Gasteiger charge is -2.36. The van der Waals surface area contributed by atoms with Crippen molar-refractivity contribution >= 4 is 5.91 Å². The average molecular weight is 378 g/mol. The average Bonchev–Trinajstić information content (AvgIpc) is 2.74. The highest BCUT2D eigenvalue weighted by Crippen LogP contribution is 2.18. The van der Waals surface area contributed by atoms with Crippen LogP contribution in [0.4, 0.5) is 0 Å². The molecule has 0 spiro atoms. The molecule has 7 heteroatoms. The van der Waals surface area contributed by atoms with Crippen molar-refractivity contribution in [2.45, 2.75) is 18.9 Å². The van der Waals surface area contributed by atoms with Crippen molar-refractivity contribution in [1.29, 1.82) is 0 Å². The molecular weight excluding hydrogens is 348 g/mol. The van der Waals surface area contributed by atoms with Gasteiger partial charge in [-0.15, -0.1) is 0 Å². The molecule has 1 amide bonds. The van der Waals surface area contributed by atoms with E-state index < -0.39 is 0 Å². The number of morpholine rings is 1. The molecule has 2 heterocycles. The molecule has 1 aromatic rings. The SMILES string of the molecule is COc1ccc(OCC(=O)N(CCN2CCOCC2)C2CCOCC2)cc1. The van der Waals surface area contributed by atoms with Gasteiger partial charge in [0.25, 0.3) is 5.91 Å². The molecule has 3 rings (SSSR count). The van der Waals surface area contributed by atoms with E-state index in [0.717, 1.165) is 58.0 Å². The van der Waals surface area contributed by atoms with Gasteiger partial charge in [0, 0.05) is 45.4 Å². The zero-order chi connectivity index (χ0) is 18.9. The van der Waals surface area contributed by atoms with Crippen LogP contribution in [0.3, 0.4) is 0 Å². The van der Waals surface area contributed by atoms with E-state index in [4.69, 9.17) is 18.9 Å². The summed E-state index contributed by atoms with van der Waals surface area (Å²) in [5, 5.41) is 0. The zero-order valence-corrected chi connectivity index (χ0v) is 16.1. The Morgan fingerprint density at radius 3 is 2.37 bits per heavy atom. The quantitative estimate of drug-likeness (QED) is 0.682. The maximum Gasteiger partial charge on any atom is 0.260 e. The van der Waals surface area contributed by atoms with Crippen LogP contribution in [0.1, 0.15) is 12.8 Å². The molecule has 150 valence electrons. The van der Waals surface area contributed by atoms with Crippen molar-refractivity contribution in [1.82, 2.24) is 9.80 Å². The van der Waals surface area contributed by atoms with E-state index in [1.807, 2.05) is 29.2 Å². The standard InChI is InChI=1S/C20H30N2O5/c1-24-18-2-4-19(5-3-18)27-16-20(23)22(17-6-12-25-13-7-17)9-8-21-10-14-26-15-11-21/h2-5,17H,6-16H2,1H3. The molecular formula is C20H30N2O5. The Bertz CT molecular complexity index is 568. The minimum absolute atomic E-state index is 0.0333. The highest BCUT2D eigenvalue weighted by Gasteiger charge is 2.26. The number of carbonyl (C=O) groups is 1. The molecule has 0 radical (unpaired) electrons. The van der Waals surface area contributed by atoms with E-state index >= 15 is 0 Å². The van der Waals surface area contributed by atoms with E-state index in [1.54, 1.807) is 7.11 Å². The summed E-state index contributed by atoms with van der Waals surface area (Å²) in [7, 11) is 1.62. The highest BCUT2D eigenvalue weighted by atomic mass is 16.5. The second-order valence-electron chi connectivity index (χ2n) is 6.85. The van der Waals surface area contributed by atoms with E-state index in [-0.39, 0.29) is 18.6 Å². The van der Waals surface area contributed by atoms with Crippen molar-refractivity contribution in [3.8, 4) is 11.5 Å². The maximum atomic E-state index is 12.9. The van der Waals surface area contributed by atoms with Gasteiger partial charge in [0.2, 0.25) is 0 Å². The molecule has 0 aromatic heterocycles. The molecule has 27 heavy (non-hydrogen) atoms. The number of benzene rings is 1. The first-order chi connectivity index (χ1) is 13.3. The molecule has 2 fully saturated rings. The molecule has 1 aromatic carbocycles. The van der Waals surface area contributed by atoms with Crippen molar-refractivity contribution < 1.29 is 23.7 Å². The van der Waals surface area contributed by atoms with Crippen LogP contribution >= 0.6 is 0 Å². The number of hydrogen-bond donors (Lipinski definition) is 0. The predicted molar refractivity (Wildman–Crippen MR) is 101 cm³/mol. The van der Waals surface area contributed by atoms with Gasteiger partial charge in [-0.2, -0.15) is 0 Å². The topological polar surface area (TPSA) is 60.5 Å². The maximum absolute atomic E-state index is 12.9. The Morgan fingerprint density at radius 2 is 1.70 bits per heavy atom. The molecule has 0 unspecified atom stereocenters. The summed E-state index contributed by atoms with van der Waals surface area (Å²) >= 11 is 0. The summed E-state index contributed by atoms with van der Waals surface area (Å²) in [6, 6.07) is 7.52. The Labute approximate surface area is 161 Å². The van der Waals surface area contributed by atoms with E-state index in [1.165, 1.54) is 0 Å². The number of hydrogen-bond acceptors (Lipinski definition) is 6. The van der Waals surface area contributed by atoms with Crippen molar-refractivity contribution in [2.75, 3.05) is 66.3 Å². The predicted octanol–water partition coefficient (Wildman–Crippen LogP) is 1.41. The summed E-state index contributed by atoms with van der Waals surface area (Å²) in [6.45, 7) is 6.46. The third-order valence-corrected chi connectivity index (χ3v) is 5.13. The molecule has 2 saturated heterocycles. The van der Waals surface area contributed by atoms with Gasteiger partial charge >= 0.3 is 0 Å². The number of carbonyl (C=O) groups excluding carboxylic acids is 1. The molecule has 2 aliphatic heterocycles. The molecule has 0 saturated carbocycles. The van der Waals surface area contributed by atoms with Crippen LogP contribution in [-0.4, -0.2) is 88.1 Å². The Morgan fingerprint density at radius 1 is 1.07 bits per heavy atom. The number of methoxy groups -OCH3 is 1. The van der Waals surface area contributed by atoms with Gasteiger partial charge in [0.1, 0.15) is 11.5 Å². The molecule has 0 aliphatic carbocycles. The minimum atomic E-state index is 0.0333. The van der Waals surface area contributed by atoms with E-state index in [2.05, 4.69) is 4.90 Å². The van der Waals surface area contributed by atoms with Gasteiger partial charge in [-0.1, -0.05) is 0 Å². The molecule has 2 aliphatic rings. The first kappa shape index (κ1) is 19.9. The largest absolute Gasteiger partial charge is 0.497 e. The van der Waals surface area contributed by atoms with Gasteiger partial charge in [-0.25, -0.2) is 0 Å². The smallest absolute Gasteiger partial charge is 0.260 e. The van der Waals surface area contributed by atoms with Crippen molar-refractivity contribution in [2.24, 2.45) is 0 Å². The third kappa shape index (κ3) is 6.09. The summed E-state index contributed by atoms with van der Waals surface area (Å²) < 4.78 is 21.7. The summed E-state index contributed by atoms with van der Waals surface area (Å²) in [6.07, 6.45) is 1.77. The summed E-state index contributed by atoms with van der Waals surface area (Å²) in [5.41, 5.74) is 0.